The average molecular weight is 406 g/mol. The molecule has 0 aliphatic rings. The second-order valence-electron chi connectivity index (χ2n) is 6.09. The van der Waals surface area contributed by atoms with Crippen LogP contribution < -0.4 is 16.2 Å². The minimum Gasteiger partial charge on any atom is -0.332 e. The van der Waals surface area contributed by atoms with Crippen molar-refractivity contribution in [2.24, 2.45) is 7.05 Å². The van der Waals surface area contributed by atoms with E-state index in [1.807, 2.05) is 18.2 Å². The van der Waals surface area contributed by atoms with Crippen LogP contribution in [0, 0.1) is 6.92 Å². The van der Waals surface area contributed by atoms with Crippen molar-refractivity contribution in [1.29, 1.82) is 0 Å². The molecule has 28 heavy (non-hydrogen) atoms. The predicted molar refractivity (Wildman–Crippen MR) is 107 cm³/mol. The summed E-state index contributed by atoms with van der Waals surface area (Å²) in [6.45, 7) is 1.75. The Hall–Kier alpha value is -3.07. The van der Waals surface area contributed by atoms with Crippen molar-refractivity contribution < 1.29 is 13.2 Å². The topological polar surface area (TPSA) is 51.0 Å². The third kappa shape index (κ3) is 3.94. The van der Waals surface area contributed by atoms with Gasteiger partial charge in [-0.3, -0.25) is 9.48 Å². The monoisotopic (exact) mass is 406 g/mol. The summed E-state index contributed by atoms with van der Waals surface area (Å²) < 4.78 is 41.7. The molecule has 0 spiro atoms. The number of thiocarbonyl (C=S) groups is 1. The molecule has 3 rings (SSSR count). The summed E-state index contributed by atoms with van der Waals surface area (Å²) in [6.07, 6.45) is -4.45. The van der Waals surface area contributed by atoms with Gasteiger partial charge in [-0.25, -0.2) is 4.68 Å². The van der Waals surface area contributed by atoms with E-state index in [2.05, 4.69) is 10.6 Å². The predicted octanol–water partition coefficient (Wildman–Crippen LogP) is 4.31. The van der Waals surface area contributed by atoms with E-state index in [1.165, 1.54) is 16.8 Å². The molecule has 3 aromatic rings. The van der Waals surface area contributed by atoms with E-state index in [9.17, 15) is 18.0 Å². The minimum absolute atomic E-state index is 0.0188. The fourth-order valence-corrected chi connectivity index (χ4v) is 2.98. The van der Waals surface area contributed by atoms with Gasteiger partial charge in [0.25, 0.3) is 5.56 Å². The van der Waals surface area contributed by atoms with Crippen LogP contribution >= 0.6 is 12.2 Å². The first kappa shape index (κ1) is 19.7. The Morgan fingerprint density at radius 2 is 1.71 bits per heavy atom. The Balaban J connectivity index is 1.85. The van der Waals surface area contributed by atoms with Crippen molar-refractivity contribution in [3.8, 4) is 5.69 Å². The molecule has 1 aromatic heterocycles. The fraction of sp³-hybridized carbons (Fsp3) is 0.158. The summed E-state index contributed by atoms with van der Waals surface area (Å²) in [5.41, 5.74) is 0.618. The molecule has 0 bridgehead atoms. The highest BCUT2D eigenvalue weighted by atomic mass is 32.1. The van der Waals surface area contributed by atoms with Gasteiger partial charge in [-0.15, -0.1) is 0 Å². The summed E-state index contributed by atoms with van der Waals surface area (Å²) in [5.74, 6) is 0. The lowest BCUT2D eigenvalue weighted by atomic mass is 10.2. The van der Waals surface area contributed by atoms with E-state index in [1.54, 1.807) is 30.8 Å². The summed E-state index contributed by atoms with van der Waals surface area (Å²) in [6, 6.07) is 13.7. The average Bonchev–Trinajstić information content (AvgIpc) is 2.85. The van der Waals surface area contributed by atoms with Gasteiger partial charge in [0.05, 0.1) is 16.9 Å². The molecular weight excluding hydrogens is 389 g/mol. The molecule has 0 aliphatic carbocycles. The molecule has 0 aliphatic heterocycles. The van der Waals surface area contributed by atoms with Gasteiger partial charge < -0.3 is 10.6 Å². The van der Waals surface area contributed by atoms with Gasteiger partial charge in [0.1, 0.15) is 5.69 Å². The first-order valence-electron chi connectivity index (χ1n) is 8.28. The molecule has 0 saturated carbocycles. The molecule has 2 N–H and O–H groups in total. The molecule has 0 saturated heterocycles. The van der Waals surface area contributed by atoms with Crippen molar-refractivity contribution in [3.63, 3.8) is 0 Å². The Labute approximate surface area is 164 Å². The first-order chi connectivity index (χ1) is 13.2. The lowest BCUT2D eigenvalue weighted by Crippen LogP contribution is -2.25. The second-order valence-corrected chi connectivity index (χ2v) is 6.50. The molecular formula is C19H17F3N4OS. The number of alkyl halides is 3. The van der Waals surface area contributed by atoms with Gasteiger partial charge in [0.2, 0.25) is 0 Å². The van der Waals surface area contributed by atoms with Gasteiger partial charge >= 0.3 is 6.18 Å². The summed E-state index contributed by atoms with van der Waals surface area (Å²) in [7, 11) is 1.73. The number of benzene rings is 2. The molecule has 1 heterocycles. The van der Waals surface area contributed by atoms with Crippen molar-refractivity contribution in [2.45, 2.75) is 13.1 Å². The highest BCUT2D eigenvalue weighted by Gasteiger charge is 2.30. The van der Waals surface area contributed by atoms with Crippen molar-refractivity contribution in [3.05, 3.63) is 76.2 Å². The van der Waals surface area contributed by atoms with E-state index in [4.69, 9.17) is 12.2 Å². The van der Waals surface area contributed by atoms with Gasteiger partial charge in [0, 0.05) is 12.7 Å². The number of para-hydroxylation sites is 1. The molecule has 146 valence electrons. The number of rotatable bonds is 3. The maximum atomic E-state index is 12.8. The number of anilines is 2. The van der Waals surface area contributed by atoms with Crippen LogP contribution in [0.1, 0.15) is 11.3 Å². The van der Waals surface area contributed by atoms with Crippen LogP contribution in [0.2, 0.25) is 0 Å². The molecule has 5 nitrogen and oxygen atoms in total. The van der Waals surface area contributed by atoms with Gasteiger partial charge in [-0.1, -0.05) is 24.3 Å². The quantitative estimate of drug-likeness (QED) is 0.637. The highest BCUT2D eigenvalue weighted by Crippen LogP contribution is 2.30. The summed E-state index contributed by atoms with van der Waals surface area (Å²) in [4.78, 5) is 12.8. The van der Waals surface area contributed by atoms with E-state index >= 15 is 0 Å². The molecule has 0 amide bonds. The maximum absolute atomic E-state index is 12.8. The number of hydrogen-bond donors (Lipinski definition) is 2. The Morgan fingerprint density at radius 1 is 1.04 bits per heavy atom. The van der Waals surface area contributed by atoms with Gasteiger partial charge in [0.15, 0.2) is 5.11 Å². The van der Waals surface area contributed by atoms with Crippen LogP contribution in [0.15, 0.2) is 59.4 Å². The van der Waals surface area contributed by atoms with Gasteiger partial charge in [-0.05, 0) is 49.5 Å². The number of hydrogen-bond acceptors (Lipinski definition) is 2. The van der Waals surface area contributed by atoms with E-state index in [-0.39, 0.29) is 22.0 Å². The van der Waals surface area contributed by atoms with Crippen LogP contribution in [0.3, 0.4) is 0 Å². The number of nitrogens with zero attached hydrogens (tertiary/aromatic N) is 2. The number of aromatic nitrogens is 2. The molecule has 2 aromatic carbocycles. The van der Waals surface area contributed by atoms with Crippen molar-refractivity contribution in [2.75, 3.05) is 10.6 Å². The third-order valence-corrected chi connectivity index (χ3v) is 4.44. The van der Waals surface area contributed by atoms with E-state index < -0.39 is 11.7 Å². The maximum Gasteiger partial charge on any atom is 0.416 e. The SMILES string of the molecule is Cc1c(NC(=S)Nc2cccc(C(F)(F)F)c2)c(=O)n(-c2ccccc2)n1C. The van der Waals surface area contributed by atoms with E-state index in [0.717, 1.165) is 12.1 Å². The zero-order valence-corrected chi connectivity index (χ0v) is 15.9. The highest BCUT2D eigenvalue weighted by molar-refractivity contribution is 7.80. The van der Waals surface area contributed by atoms with Crippen LogP contribution in [0.5, 0.6) is 0 Å². The third-order valence-electron chi connectivity index (χ3n) is 4.24. The van der Waals surface area contributed by atoms with Crippen LogP contribution in [0.4, 0.5) is 24.5 Å². The normalized spacial score (nSPS) is 11.3. The Kier molecular flexibility index (Phi) is 5.28. The summed E-state index contributed by atoms with van der Waals surface area (Å²) >= 11 is 5.18. The Bertz CT molecular complexity index is 1070. The zero-order valence-electron chi connectivity index (χ0n) is 15.0. The van der Waals surface area contributed by atoms with Crippen molar-refractivity contribution >= 4 is 28.7 Å². The lowest BCUT2D eigenvalue weighted by Gasteiger charge is -2.12. The van der Waals surface area contributed by atoms with Crippen LogP contribution in [-0.4, -0.2) is 14.5 Å². The lowest BCUT2D eigenvalue weighted by molar-refractivity contribution is -0.137. The first-order valence-corrected chi connectivity index (χ1v) is 8.68. The van der Waals surface area contributed by atoms with Crippen molar-refractivity contribution in [1.82, 2.24) is 9.36 Å². The standard InChI is InChI=1S/C19H17F3N4OS/c1-12-16(17(27)26(25(12)2)15-9-4-3-5-10-15)24-18(28)23-14-8-6-7-13(11-14)19(20,21)22/h3-11H,1-2H3,(H2,23,24,28). The largest absolute Gasteiger partial charge is 0.416 e. The van der Waals surface area contributed by atoms with Crippen LogP contribution in [-0.2, 0) is 13.2 Å². The van der Waals surface area contributed by atoms with E-state index in [0.29, 0.717) is 11.4 Å². The van der Waals surface area contributed by atoms with Crippen LogP contribution in [0.25, 0.3) is 5.69 Å². The molecule has 9 heteroatoms. The molecule has 0 unspecified atom stereocenters. The smallest absolute Gasteiger partial charge is 0.332 e. The fourth-order valence-electron chi connectivity index (χ4n) is 2.76. The molecule has 0 radical (unpaired) electrons. The number of nitrogens with one attached hydrogen (secondary N) is 2. The Morgan fingerprint density at radius 3 is 2.36 bits per heavy atom. The molecule has 0 fully saturated rings. The zero-order chi connectivity index (χ0) is 20.5. The molecule has 0 atom stereocenters. The van der Waals surface area contributed by atoms with Gasteiger partial charge in [-0.2, -0.15) is 13.2 Å². The number of halogens is 3. The second kappa shape index (κ2) is 7.51. The minimum atomic E-state index is -4.45. The summed E-state index contributed by atoms with van der Waals surface area (Å²) in [5, 5.41) is 5.51.